The van der Waals surface area contributed by atoms with Crippen LogP contribution >= 0.6 is 11.6 Å². The van der Waals surface area contributed by atoms with Crippen molar-refractivity contribution in [2.45, 2.75) is 19.3 Å². The molecule has 0 aromatic heterocycles. The van der Waals surface area contributed by atoms with Crippen LogP contribution in [0.1, 0.15) is 19.3 Å². The zero-order valence-corrected chi connectivity index (χ0v) is 11.2. The molecule has 0 bridgehead atoms. The second-order valence-corrected chi connectivity index (χ2v) is 5.35. The van der Waals surface area contributed by atoms with E-state index in [0.717, 1.165) is 47.6 Å². The summed E-state index contributed by atoms with van der Waals surface area (Å²) in [6.45, 7) is 0. The Morgan fingerprint density at radius 3 is 3.11 bits per heavy atom. The van der Waals surface area contributed by atoms with Gasteiger partial charge in [-0.2, -0.15) is 5.10 Å². The SMILES string of the molecule is O=CC1C=C2NN=C(C3=C(Cl)C=CCC3)C2C=CC1. The highest BCUT2D eigenvalue weighted by molar-refractivity contribution is 6.34. The van der Waals surface area contributed by atoms with Gasteiger partial charge in [-0.3, -0.25) is 5.43 Å². The van der Waals surface area contributed by atoms with Crippen molar-refractivity contribution < 1.29 is 4.79 Å². The number of carbonyl (C=O) groups is 1. The van der Waals surface area contributed by atoms with E-state index < -0.39 is 0 Å². The van der Waals surface area contributed by atoms with Crippen LogP contribution in [0, 0.1) is 11.8 Å². The molecule has 0 aromatic carbocycles. The lowest BCUT2D eigenvalue weighted by Crippen LogP contribution is -2.15. The Bertz CT molecular complexity index is 554. The average Bonchev–Trinajstić information content (AvgIpc) is 2.70. The molecule has 4 heteroatoms. The predicted molar refractivity (Wildman–Crippen MR) is 76.7 cm³/mol. The minimum absolute atomic E-state index is 0.0611. The highest BCUT2D eigenvalue weighted by Crippen LogP contribution is 2.33. The Morgan fingerprint density at radius 2 is 2.32 bits per heavy atom. The van der Waals surface area contributed by atoms with Crippen LogP contribution in [-0.4, -0.2) is 12.0 Å². The molecule has 98 valence electrons. The van der Waals surface area contributed by atoms with Gasteiger partial charge in [0, 0.05) is 16.6 Å². The second kappa shape index (κ2) is 5.17. The standard InChI is InChI=1S/C15H15ClN2O/c16-13-7-2-1-5-11(13)15-12-6-3-4-10(9-19)8-14(12)17-18-15/h2-3,6-10,12,17H,1,4-5H2. The Hall–Kier alpha value is -1.61. The summed E-state index contributed by atoms with van der Waals surface area (Å²) in [5.74, 6) is 0.0502. The fourth-order valence-electron chi connectivity index (χ4n) is 2.65. The highest BCUT2D eigenvalue weighted by atomic mass is 35.5. The van der Waals surface area contributed by atoms with Gasteiger partial charge in [0.25, 0.3) is 0 Å². The van der Waals surface area contributed by atoms with Crippen LogP contribution in [0.2, 0.25) is 0 Å². The first-order valence-electron chi connectivity index (χ1n) is 6.52. The van der Waals surface area contributed by atoms with Gasteiger partial charge >= 0.3 is 0 Å². The maximum Gasteiger partial charge on any atom is 0.127 e. The van der Waals surface area contributed by atoms with Gasteiger partial charge in [-0.25, -0.2) is 0 Å². The summed E-state index contributed by atoms with van der Waals surface area (Å²) in [6.07, 6.45) is 13.8. The van der Waals surface area contributed by atoms with Gasteiger partial charge in [0.1, 0.15) is 6.29 Å². The summed E-state index contributed by atoms with van der Waals surface area (Å²) in [7, 11) is 0. The summed E-state index contributed by atoms with van der Waals surface area (Å²) in [6, 6.07) is 0. The lowest BCUT2D eigenvalue weighted by molar-refractivity contribution is -0.109. The molecule has 0 radical (unpaired) electrons. The Labute approximate surface area is 117 Å². The second-order valence-electron chi connectivity index (χ2n) is 4.94. The summed E-state index contributed by atoms with van der Waals surface area (Å²) < 4.78 is 0. The third-order valence-electron chi connectivity index (χ3n) is 3.66. The first-order chi connectivity index (χ1) is 9.29. The van der Waals surface area contributed by atoms with Gasteiger partial charge in [-0.1, -0.05) is 35.9 Å². The Kier molecular flexibility index (Phi) is 3.38. The quantitative estimate of drug-likeness (QED) is 0.621. The van der Waals surface area contributed by atoms with Gasteiger partial charge in [0.15, 0.2) is 0 Å². The lowest BCUT2D eigenvalue weighted by atomic mass is 9.90. The van der Waals surface area contributed by atoms with Crippen LogP contribution in [0.25, 0.3) is 0 Å². The molecule has 2 aliphatic carbocycles. The van der Waals surface area contributed by atoms with Crippen molar-refractivity contribution in [2.75, 3.05) is 0 Å². The number of allylic oxidation sites excluding steroid dienone is 7. The largest absolute Gasteiger partial charge is 0.303 e. The summed E-state index contributed by atoms with van der Waals surface area (Å²) in [5.41, 5.74) is 6.15. The molecule has 2 atom stereocenters. The Morgan fingerprint density at radius 1 is 1.42 bits per heavy atom. The maximum atomic E-state index is 11.0. The highest BCUT2D eigenvalue weighted by Gasteiger charge is 2.30. The van der Waals surface area contributed by atoms with Crippen LogP contribution in [0.3, 0.4) is 0 Å². The molecule has 3 nitrogen and oxygen atoms in total. The number of rotatable bonds is 2. The van der Waals surface area contributed by atoms with E-state index in [-0.39, 0.29) is 11.8 Å². The van der Waals surface area contributed by atoms with E-state index in [0.29, 0.717) is 0 Å². The maximum absolute atomic E-state index is 11.0. The first-order valence-corrected chi connectivity index (χ1v) is 6.90. The van der Waals surface area contributed by atoms with Crippen molar-refractivity contribution >= 4 is 23.6 Å². The van der Waals surface area contributed by atoms with Crippen LogP contribution in [0.5, 0.6) is 0 Å². The fourth-order valence-corrected chi connectivity index (χ4v) is 2.93. The van der Waals surface area contributed by atoms with E-state index >= 15 is 0 Å². The molecule has 1 aliphatic heterocycles. The van der Waals surface area contributed by atoms with Crippen molar-refractivity contribution in [1.82, 2.24) is 5.43 Å². The molecule has 1 heterocycles. The van der Waals surface area contributed by atoms with Crippen molar-refractivity contribution in [2.24, 2.45) is 16.9 Å². The first kappa shape index (κ1) is 12.4. The van der Waals surface area contributed by atoms with Crippen molar-refractivity contribution in [1.29, 1.82) is 0 Å². The number of nitrogens with zero attached hydrogens (tertiary/aromatic N) is 1. The van der Waals surface area contributed by atoms with E-state index in [1.54, 1.807) is 0 Å². The molecule has 3 aliphatic rings. The van der Waals surface area contributed by atoms with Crippen LogP contribution in [-0.2, 0) is 4.79 Å². The number of fused-ring (bicyclic) bond motifs is 1. The molecule has 0 spiro atoms. The summed E-state index contributed by atoms with van der Waals surface area (Å²) in [4.78, 5) is 11.0. The van der Waals surface area contributed by atoms with Gasteiger partial charge in [-0.15, -0.1) is 0 Å². The molecule has 3 rings (SSSR count). The number of aldehydes is 1. The lowest BCUT2D eigenvalue weighted by Gasteiger charge is -2.15. The van der Waals surface area contributed by atoms with Gasteiger partial charge in [-0.05, 0) is 30.9 Å². The zero-order chi connectivity index (χ0) is 13.2. The number of hydrogen-bond donors (Lipinski definition) is 1. The fraction of sp³-hybridized carbons (Fsp3) is 0.333. The average molecular weight is 275 g/mol. The number of hydrazone groups is 1. The molecule has 0 saturated carbocycles. The van der Waals surface area contributed by atoms with E-state index in [4.69, 9.17) is 11.6 Å². The molecular weight excluding hydrogens is 260 g/mol. The van der Waals surface area contributed by atoms with Crippen molar-refractivity contribution in [3.05, 3.63) is 46.7 Å². The third-order valence-corrected chi connectivity index (χ3v) is 4.02. The van der Waals surface area contributed by atoms with Gasteiger partial charge in [0.2, 0.25) is 0 Å². The van der Waals surface area contributed by atoms with E-state index in [9.17, 15) is 4.79 Å². The minimum atomic E-state index is -0.0611. The smallest absolute Gasteiger partial charge is 0.127 e. The molecule has 0 fully saturated rings. The zero-order valence-electron chi connectivity index (χ0n) is 10.5. The van der Waals surface area contributed by atoms with Crippen molar-refractivity contribution in [3.63, 3.8) is 0 Å². The number of halogens is 1. The molecule has 0 aromatic rings. The van der Waals surface area contributed by atoms with E-state index in [2.05, 4.69) is 28.8 Å². The summed E-state index contributed by atoms with van der Waals surface area (Å²) >= 11 is 6.28. The van der Waals surface area contributed by atoms with Gasteiger partial charge < -0.3 is 4.79 Å². The molecule has 0 amide bonds. The number of carbonyl (C=O) groups excluding carboxylic acids is 1. The van der Waals surface area contributed by atoms with E-state index in [1.165, 1.54) is 0 Å². The normalized spacial score (nSPS) is 29.3. The Balaban J connectivity index is 1.94. The van der Waals surface area contributed by atoms with Crippen LogP contribution < -0.4 is 5.43 Å². The summed E-state index contributed by atoms with van der Waals surface area (Å²) in [5, 5.41) is 5.20. The van der Waals surface area contributed by atoms with Crippen LogP contribution in [0.15, 0.2) is 51.8 Å². The van der Waals surface area contributed by atoms with Crippen LogP contribution in [0.4, 0.5) is 0 Å². The van der Waals surface area contributed by atoms with E-state index in [1.807, 2.05) is 12.2 Å². The predicted octanol–water partition coefficient (Wildman–Crippen LogP) is 3.06. The van der Waals surface area contributed by atoms with Crippen molar-refractivity contribution in [3.8, 4) is 0 Å². The molecule has 2 unspecified atom stereocenters. The number of nitrogens with one attached hydrogen (secondary N) is 1. The van der Waals surface area contributed by atoms with Gasteiger partial charge in [0.05, 0.1) is 11.6 Å². The molecule has 0 saturated heterocycles. The topological polar surface area (TPSA) is 41.5 Å². The number of hydrogen-bond acceptors (Lipinski definition) is 3. The monoisotopic (exact) mass is 274 g/mol. The third kappa shape index (κ3) is 2.30. The molecule has 19 heavy (non-hydrogen) atoms. The molecular formula is C15H15ClN2O. The minimum Gasteiger partial charge on any atom is -0.303 e. The molecule has 1 N–H and O–H groups in total.